The van der Waals surface area contributed by atoms with Gasteiger partial charge in [0, 0.05) is 6.54 Å². The van der Waals surface area contributed by atoms with E-state index < -0.39 is 0 Å². The van der Waals surface area contributed by atoms with E-state index in [2.05, 4.69) is 16.4 Å². The molecule has 0 aliphatic carbocycles. The molecule has 1 unspecified atom stereocenters. The van der Waals surface area contributed by atoms with Crippen molar-refractivity contribution in [2.24, 2.45) is 0 Å². The van der Waals surface area contributed by atoms with Crippen LogP contribution < -0.4 is 5.32 Å². The number of halogens is 1. The second-order valence-corrected chi connectivity index (χ2v) is 7.53. The minimum Gasteiger partial charge on any atom is -0.351 e. The summed E-state index contributed by atoms with van der Waals surface area (Å²) in [5, 5.41) is 3.83. The summed E-state index contributed by atoms with van der Waals surface area (Å²) >= 11 is 1.65. The third-order valence-electron chi connectivity index (χ3n) is 4.45. The first-order valence-electron chi connectivity index (χ1n) is 8.51. The van der Waals surface area contributed by atoms with Crippen LogP contribution in [-0.4, -0.2) is 29.4 Å². The quantitative estimate of drug-likeness (QED) is 0.711. The fourth-order valence-corrected chi connectivity index (χ4v) is 3.71. The van der Waals surface area contributed by atoms with E-state index in [9.17, 15) is 9.18 Å². The van der Waals surface area contributed by atoms with E-state index in [0.29, 0.717) is 12.1 Å². The molecule has 0 aliphatic heterocycles. The molecule has 0 aliphatic rings. The first-order chi connectivity index (χ1) is 12.4. The maximum atomic E-state index is 13.6. The third-order valence-corrected chi connectivity index (χ3v) is 5.65. The molecule has 6 heteroatoms. The smallest absolute Gasteiger partial charge is 0.234 e. The van der Waals surface area contributed by atoms with E-state index in [-0.39, 0.29) is 24.3 Å². The van der Waals surface area contributed by atoms with Crippen LogP contribution in [0.15, 0.2) is 42.5 Å². The van der Waals surface area contributed by atoms with E-state index in [4.69, 9.17) is 0 Å². The lowest BCUT2D eigenvalue weighted by atomic mass is 10.1. The number of fused-ring (bicyclic) bond motifs is 1. The zero-order valence-electron chi connectivity index (χ0n) is 15.1. The summed E-state index contributed by atoms with van der Waals surface area (Å²) in [7, 11) is 1.90. The van der Waals surface area contributed by atoms with Crippen LogP contribution in [0.25, 0.3) is 10.2 Å². The second kappa shape index (κ2) is 7.93. The van der Waals surface area contributed by atoms with Crippen molar-refractivity contribution in [2.75, 3.05) is 13.6 Å². The molecule has 0 saturated carbocycles. The molecule has 0 fully saturated rings. The molecule has 2 aromatic carbocycles. The number of amides is 1. The molecule has 3 rings (SSSR count). The molecule has 0 saturated heterocycles. The Bertz CT molecular complexity index is 891. The lowest BCUT2D eigenvalue weighted by Crippen LogP contribution is -2.36. The summed E-state index contributed by atoms with van der Waals surface area (Å²) in [4.78, 5) is 18.8. The van der Waals surface area contributed by atoms with Crippen LogP contribution in [0.4, 0.5) is 4.39 Å². The van der Waals surface area contributed by atoms with Gasteiger partial charge in [-0.3, -0.25) is 9.69 Å². The highest BCUT2D eigenvalue weighted by Gasteiger charge is 2.18. The highest BCUT2D eigenvalue weighted by atomic mass is 32.1. The number of aromatic nitrogens is 1. The molecule has 4 nitrogen and oxygen atoms in total. The van der Waals surface area contributed by atoms with E-state index in [1.54, 1.807) is 24.3 Å². The molecule has 0 spiro atoms. The third kappa shape index (κ3) is 4.26. The van der Waals surface area contributed by atoms with Gasteiger partial charge in [0.05, 0.1) is 22.8 Å². The van der Waals surface area contributed by atoms with E-state index in [0.717, 1.165) is 20.8 Å². The van der Waals surface area contributed by atoms with Gasteiger partial charge >= 0.3 is 0 Å². The number of nitrogens with one attached hydrogen (secondary N) is 1. The van der Waals surface area contributed by atoms with Gasteiger partial charge < -0.3 is 5.32 Å². The summed E-state index contributed by atoms with van der Waals surface area (Å²) in [5.41, 5.74) is 2.34. The summed E-state index contributed by atoms with van der Waals surface area (Å²) < 4.78 is 14.7. The Hall–Kier alpha value is -2.31. The van der Waals surface area contributed by atoms with Crippen molar-refractivity contribution >= 4 is 27.5 Å². The Kier molecular flexibility index (Phi) is 5.64. The number of hydrogen-bond donors (Lipinski definition) is 1. The number of thiazole rings is 1. The number of carbonyl (C=O) groups excluding carboxylic acids is 1. The highest BCUT2D eigenvalue weighted by molar-refractivity contribution is 7.18. The standard InChI is InChI=1S/C20H22FN3OS/c1-13-8-9-15(10-16(13)21)11-22-19(25)12-24(3)14(2)20-23-17-6-4-5-7-18(17)26-20/h4-10,14H,11-12H2,1-3H3,(H,22,25). The molecule has 0 radical (unpaired) electrons. The van der Waals surface area contributed by atoms with Crippen LogP contribution in [0.3, 0.4) is 0 Å². The fourth-order valence-electron chi connectivity index (χ4n) is 2.62. The molecule has 3 aromatic rings. The second-order valence-electron chi connectivity index (χ2n) is 6.47. The molecule has 1 N–H and O–H groups in total. The summed E-state index contributed by atoms with van der Waals surface area (Å²) in [6.45, 7) is 4.33. The van der Waals surface area contributed by atoms with E-state index in [1.165, 1.54) is 6.07 Å². The highest BCUT2D eigenvalue weighted by Crippen LogP contribution is 2.28. The van der Waals surface area contributed by atoms with Crippen LogP contribution in [0.5, 0.6) is 0 Å². The Labute approximate surface area is 156 Å². The van der Waals surface area contributed by atoms with Crippen LogP contribution >= 0.6 is 11.3 Å². The maximum absolute atomic E-state index is 13.6. The molecule has 26 heavy (non-hydrogen) atoms. The number of likely N-dealkylation sites (N-methyl/N-ethyl adjacent to an activating group) is 1. The van der Waals surface area contributed by atoms with Crippen LogP contribution in [0.1, 0.15) is 29.1 Å². The first-order valence-corrected chi connectivity index (χ1v) is 9.33. The normalized spacial score (nSPS) is 12.5. The average Bonchev–Trinajstić information content (AvgIpc) is 3.06. The number of hydrogen-bond acceptors (Lipinski definition) is 4. The lowest BCUT2D eigenvalue weighted by Gasteiger charge is -2.22. The Morgan fingerprint density at radius 1 is 1.31 bits per heavy atom. The van der Waals surface area contributed by atoms with Crippen LogP contribution in [0.2, 0.25) is 0 Å². The van der Waals surface area contributed by atoms with Crippen molar-refractivity contribution in [2.45, 2.75) is 26.4 Å². The molecule has 1 aromatic heterocycles. The Morgan fingerprint density at radius 2 is 2.08 bits per heavy atom. The maximum Gasteiger partial charge on any atom is 0.234 e. The molecule has 136 valence electrons. The minimum absolute atomic E-state index is 0.0370. The zero-order valence-corrected chi connectivity index (χ0v) is 15.9. The lowest BCUT2D eigenvalue weighted by molar-refractivity contribution is -0.122. The van der Waals surface area contributed by atoms with Gasteiger partial charge in [0.25, 0.3) is 0 Å². The largest absolute Gasteiger partial charge is 0.351 e. The monoisotopic (exact) mass is 371 g/mol. The van der Waals surface area contributed by atoms with Crippen LogP contribution in [-0.2, 0) is 11.3 Å². The van der Waals surface area contributed by atoms with Gasteiger partial charge in [-0.2, -0.15) is 0 Å². The van der Waals surface area contributed by atoms with Gasteiger partial charge in [-0.15, -0.1) is 11.3 Å². The number of para-hydroxylation sites is 1. The van der Waals surface area contributed by atoms with Gasteiger partial charge in [-0.05, 0) is 50.2 Å². The predicted molar refractivity (Wildman–Crippen MR) is 104 cm³/mol. The summed E-state index contributed by atoms with van der Waals surface area (Å²) in [5.74, 6) is -0.347. The van der Waals surface area contributed by atoms with Crippen molar-refractivity contribution in [3.05, 3.63) is 64.4 Å². The van der Waals surface area contributed by atoms with Crippen molar-refractivity contribution in [3.8, 4) is 0 Å². The summed E-state index contributed by atoms with van der Waals surface area (Å²) in [6, 6.07) is 13.1. The number of carbonyl (C=O) groups is 1. The number of aryl methyl sites for hydroxylation is 1. The fraction of sp³-hybridized carbons (Fsp3) is 0.300. The van der Waals surface area contributed by atoms with Gasteiger partial charge in [0.2, 0.25) is 5.91 Å². The number of rotatable bonds is 6. The molecular weight excluding hydrogens is 349 g/mol. The average molecular weight is 371 g/mol. The molecule has 1 heterocycles. The minimum atomic E-state index is -0.252. The van der Waals surface area contributed by atoms with Gasteiger partial charge in [0.1, 0.15) is 10.8 Å². The van der Waals surface area contributed by atoms with Crippen molar-refractivity contribution < 1.29 is 9.18 Å². The van der Waals surface area contributed by atoms with Crippen LogP contribution in [0, 0.1) is 12.7 Å². The Morgan fingerprint density at radius 3 is 2.81 bits per heavy atom. The zero-order chi connectivity index (χ0) is 18.7. The van der Waals surface area contributed by atoms with Gasteiger partial charge in [-0.25, -0.2) is 9.37 Å². The van der Waals surface area contributed by atoms with E-state index >= 15 is 0 Å². The van der Waals surface area contributed by atoms with E-state index in [1.807, 2.05) is 43.1 Å². The van der Waals surface area contributed by atoms with Gasteiger partial charge in [-0.1, -0.05) is 24.3 Å². The molecule has 1 amide bonds. The predicted octanol–water partition coefficient (Wildman–Crippen LogP) is 4.05. The topological polar surface area (TPSA) is 45.2 Å². The Balaban J connectivity index is 1.56. The first kappa shape index (κ1) is 18.5. The van der Waals surface area contributed by atoms with Crippen molar-refractivity contribution in [1.82, 2.24) is 15.2 Å². The molecular formula is C20H22FN3OS. The number of nitrogens with zero attached hydrogens (tertiary/aromatic N) is 2. The van der Waals surface area contributed by atoms with Gasteiger partial charge in [0.15, 0.2) is 0 Å². The van der Waals surface area contributed by atoms with Crippen molar-refractivity contribution in [1.29, 1.82) is 0 Å². The molecule has 0 bridgehead atoms. The summed E-state index contributed by atoms with van der Waals surface area (Å²) in [6.07, 6.45) is 0. The SMILES string of the molecule is Cc1ccc(CNC(=O)CN(C)C(C)c2nc3ccccc3s2)cc1F. The van der Waals surface area contributed by atoms with Crippen molar-refractivity contribution in [3.63, 3.8) is 0 Å². The molecule has 1 atom stereocenters. The number of benzene rings is 2.